The smallest absolute Gasteiger partial charge is 0.207 e. The second-order valence-electron chi connectivity index (χ2n) is 2.96. The van der Waals surface area contributed by atoms with Crippen molar-refractivity contribution in [2.75, 3.05) is 0 Å². The van der Waals surface area contributed by atoms with Crippen LogP contribution in [0.1, 0.15) is 11.1 Å². The molecule has 0 spiro atoms. The summed E-state index contributed by atoms with van der Waals surface area (Å²) in [5.41, 5.74) is -1.05. The molecule has 0 aromatic heterocycles. The van der Waals surface area contributed by atoms with Crippen LogP contribution in [0.25, 0.3) is 0 Å². The van der Waals surface area contributed by atoms with Crippen LogP contribution < -0.4 is 0 Å². The van der Waals surface area contributed by atoms with E-state index in [1.165, 1.54) is 0 Å². The van der Waals surface area contributed by atoms with E-state index < -0.39 is 42.5 Å². The highest BCUT2D eigenvalue weighted by Gasteiger charge is 2.26. The largest absolute Gasteiger partial charge is 0.262 e. The summed E-state index contributed by atoms with van der Waals surface area (Å²) in [7, 11) is 0.681. The fraction of sp³-hybridized carbons (Fsp3) is 0.250. The third-order valence-corrected chi connectivity index (χ3v) is 3.53. The summed E-state index contributed by atoms with van der Waals surface area (Å²) < 4.78 is 60.9. The fourth-order valence-corrected chi connectivity index (χ4v) is 2.88. The van der Waals surface area contributed by atoms with Crippen LogP contribution in [0.5, 0.6) is 0 Å². The van der Waals surface area contributed by atoms with Crippen molar-refractivity contribution < 1.29 is 21.6 Å². The molecule has 0 saturated heterocycles. The van der Waals surface area contributed by atoms with E-state index in [9.17, 15) is 21.6 Å². The van der Waals surface area contributed by atoms with E-state index in [1.54, 1.807) is 0 Å². The molecular formula is C8H6ClF3O2S. The summed E-state index contributed by atoms with van der Waals surface area (Å²) in [4.78, 5) is -0.722. The lowest BCUT2D eigenvalue weighted by molar-refractivity contribution is 0.434. The summed E-state index contributed by atoms with van der Waals surface area (Å²) in [5, 5.41) is 0. The Labute approximate surface area is 89.1 Å². The molecule has 2 nitrogen and oxygen atoms in total. The molecule has 0 bridgehead atoms. The molecule has 0 N–H and O–H groups in total. The Hall–Kier alpha value is -0.750. The summed E-state index contributed by atoms with van der Waals surface area (Å²) in [6.07, 6.45) is 0. The van der Waals surface area contributed by atoms with E-state index in [0.717, 1.165) is 13.8 Å². The predicted molar refractivity (Wildman–Crippen MR) is 48.8 cm³/mol. The van der Waals surface area contributed by atoms with Crippen LogP contribution in [-0.2, 0) is 9.05 Å². The molecule has 0 saturated carbocycles. The standard InChI is InChI=1S/C8H6ClF3O2S/c1-3-5(10)7(12)6(11)4(2)8(3)15(9,13)14/h1-2H3. The first-order chi connectivity index (χ1) is 6.68. The van der Waals surface area contributed by atoms with Crippen LogP contribution in [0, 0.1) is 31.3 Å². The maximum atomic E-state index is 13.0. The van der Waals surface area contributed by atoms with Crippen LogP contribution in [0.4, 0.5) is 13.2 Å². The Morgan fingerprint density at radius 2 is 1.27 bits per heavy atom. The molecule has 1 aromatic carbocycles. The molecule has 0 radical (unpaired) electrons. The quantitative estimate of drug-likeness (QED) is 0.573. The molecule has 0 aliphatic rings. The average molecular weight is 259 g/mol. The van der Waals surface area contributed by atoms with Crippen LogP contribution in [-0.4, -0.2) is 8.42 Å². The minimum absolute atomic E-state index is 0.526. The van der Waals surface area contributed by atoms with Gasteiger partial charge in [0.2, 0.25) is 0 Å². The van der Waals surface area contributed by atoms with Gasteiger partial charge in [0.15, 0.2) is 17.5 Å². The molecule has 0 unspecified atom stereocenters. The Kier molecular flexibility index (Phi) is 3.02. The zero-order valence-corrected chi connectivity index (χ0v) is 9.31. The number of hydrogen-bond acceptors (Lipinski definition) is 2. The van der Waals surface area contributed by atoms with Crippen LogP contribution in [0.3, 0.4) is 0 Å². The number of halogens is 4. The first kappa shape index (κ1) is 12.3. The highest BCUT2D eigenvalue weighted by molar-refractivity contribution is 8.13. The SMILES string of the molecule is Cc1c(F)c(F)c(F)c(C)c1S(=O)(=O)Cl. The van der Waals surface area contributed by atoms with Crippen molar-refractivity contribution in [3.63, 3.8) is 0 Å². The van der Waals surface area contributed by atoms with Crippen molar-refractivity contribution in [3.8, 4) is 0 Å². The van der Waals surface area contributed by atoms with Crippen LogP contribution >= 0.6 is 10.7 Å². The minimum atomic E-state index is -4.30. The van der Waals surface area contributed by atoms with E-state index in [2.05, 4.69) is 0 Å². The van der Waals surface area contributed by atoms with Gasteiger partial charge in [-0.05, 0) is 13.8 Å². The number of rotatable bonds is 1. The Morgan fingerprint density at radius 1 is 0.933 bits per heavy atom. The molecular weight excluding hydrogens is 253 g/mol. The van der Waals surface area contributed by atoms with Crippen molar-refractivity contribution in [1.29, 1.82) is 0 Å². The molecule has 1 aromatic rings. The third kappa shape index (κ3) is 1.96. The zero-order chi connectivity index (χ0) is 12.0. The number of benzene rings is 1. The van der Waals surface area contributed by atoms with E-state index in [0.29, 0.717) is 0 Å². The Bertz CT molecular complexity index is 496. The highest BCUT2D eigenvalue weighted by atomic mass is 35.7. The molecule has 7 heteroatoms. The minimum Gasteiger partial charge on any atom is -0.207 e. The second kappa shape index (κ2) is 3.68. The topological polar surface area (TPSA) is 34.1 Å². The van der Waals surface area contributed by atoms with Gasteiger partial charge in [-0.3, -0.25) is 0 Å². The van der Waals surface area contributed by atoms with E-state index in [-0.39, 0.29) is 0 Å². The van der Waals surface area contributed by atoms with Gasteiger partial charge in [0.1, 0.15) is 0 Å². The lowest BCUT2D eigenvalue weighted by Crippen LogP contribution is -2.07. The van der Waals surface area contributed by atoms with Gasteiger partial charge in [-0.1, -0.05) is 0 Å². The summed E-state index contributed by atoms with van der Waals surface area (Å²) in [6.45, 7) is 2.03. The highest BCUT2D eigenvalue weighted by Crippen LogP contribution is 2.29. The molecule has 15 heavy (non-hydrogen) atoms. The Morgan fingerprint density at radius 3 is 1.53 bits per heavy atom. The summed E-state index contributed by atoms with van der Waals surface area (Å²) >= 11 is 0. The molecule has 0 amide bonds. The monoisotopic (exact) mass is 258 g/mol. The maximum absolute atomic E-state index is 13.0. The summed E-state index contributed by atoms with van der Waals surface area (Å²) in [5.74, 6) is -4.79. The average Bonchev–Trinajstić information content (AvgIpc) is 2.09. The molecule has 84 valence electrons. The van der Waals surface area contributed by atoms with Gasteiger partial charge in [-0.2, -0.15) is 0 Å². The first-order valence-electron chi connectivity index (χ1n) is 3.76. The van der Waals surface area contributed by atoms with E-state index >= 15 is 0 Å². The van der Waals surface area contributed by atoms with E-state index in [1.807, 2.05) is 0 Å². The normalized spacial score (nSPS) is 11.9. The van der Waals surface area contributed by atoms with Crippen LogP contribution in [0.15, 0.2) is 4.90 Å². The number of hydrogen-bond donors (Lipinski definition) is 0. The molecule has 0 aliphatic carbocycles. The van der Waals surface area contributed by atoms with Gasteiger partial charge in [-0.25, -0.2) is 21.6 Å². The molecule has 1 rings (SSSR count). The van der Waals surface area contributed by atoms with Crippen molar-refractivity contribution in [3.05, 3.63) is 28.6 Å². The predicted octanol–water partition coefficient (Wildman–Crippen LogP) is 2.65. The fourth-order valence-electron chi connectivity index (χ4n) is 1.27. The van der Waals surface area contributed by atoms with E-state index in [4.69, 9.17) is 10.7 Å². The van der Waals surface area contributed by atoms with Gasteiger partial charge in [0, 0.05) is 21.8 Å². The lowest BCUT2D eigenvalue weighted by atomic mass is 10.1. The van der Waals surface area contributed by atoms with Crippen molar-refractivity contribution in [2.24, 2.45) is 0 Å². The maximum Gasteiger partial charge on any atom is 0.262 e. The van der Waals surface area contributed by atoms with Gasteiger partial charge < -0.3 is 0 Å². The molecule has 0 fully saturated rings. The molecule has 0 atom stereocenters. The summed E-state index contributed by atoms with van der Waals surface area (Å²) in [6, 6.07) is 0. The van der Waals surface area contributed by atoms with Crippen molar-refractivity contribution in [1.82, 2.24) is 0 Å². The van der Waals surface area contributed by atoms with Crippen LogP contribution in [0.2, 0.25) is 0 Å². The zero-order valence-electron chi connectivity index (χ0n) is 7.74. The first-order valence-corrected chi connectivity index (χ1v) is 6.07. The van der Waals surface area contributed by atoms with Gasteiger partial charge in [0.05, 0.1) is 4.90 Å². The van der Waals surface area contributed by atoms with Crippen molar-refractivity contribution >= 4 is 19.7 Å². The van der Waals surface area contributed by atoms with Crippen molar-refractivity contribution in [2.45, 2.75) is 18.7 Å². The third-order valence-electron chi connectivity index (χ3n) is 1.97. The Balaban J connectivity index is 3.84. The van der Waals surface area contributed by atoms with Gasteiger partial charge in [-0.15, -0.1) is 0 Å². The molecule has 0 heterocycles. The molecule has 0 aliphatic heterocycles. The van der Waals surface area contributed by atoms with Gasteiger partial charge in [0.25, 0.3) is 9.05 Å². The second-order valence-corrected chi connectivity index (χ2v) is 5.46. The lowest BCUT2D eigenvalue weighted by Gasteiger charge is -2.09. The van der Waals surface area contributed by atoms with Gasteiger partial charge >= 0.3 is 0 Å².